The molecule has 0 atom stereocenters. The highest BCUT2D eigenvalue weighted by Gasteiger charge is 1.80. The molecular weight excluding hydrogens is 180 g/mol. The second kappa shape index (κ2) is 4.37. The van der Waals surface area contributed by atoms with E-state index >= 15 is 0 Å². The molecule has 0 fully saturated rings. The second-order valence-electron chi connectivity index (χ2n) is 0.765. The summed E-state index contributed by atoms with van der Waals surface area (Å²) in [4.78, 5) is 0. The smallest absolute Gasteiger partial charge is 0.130 e. The van der Waals surface area contributed by atoms with E-state index in [0.29, 0.717) is 0 Å². The minimum Gasteiger partial charge on any atom is -0.130 e. The molecule has 0 bridgehead atoms. The Bertz CT molecular complexity index is 123. The minimum absolute atomic E-state index is 0.154. The van der Waals surface area contributed by atoms with Crippen LogP contribution in [0.5, 0.6) is 0 Å². The molecule has 44 valence electrons. The summed E-state index contributed by atoms with van der Waals surface area (Å²) < 4.78 is 0.308. The Kier molecular flexibility index (Phi) is 4.63. The summed E-state index contributed by atoms with van der Waals surface area (Å²) >= 11 is 16.1. The average Bonchev–Trinajstić information content (AvgIpc) is 1.61. The van der Waals surface area contributed by atoms with Crippen molar-refractivity contribution >= 4 is 58.3 Å². The van der Waals surface area contributed by atoms with Crippen LogP contribution in [0.2, 0.25) is 0 Å². The van der Waals surface area contributed by atoms with Crippen LogP contribution < -0.4 is 0 Å². The molecule has 0 heterocycles. The van der Waals surface area contributed by atoms with Gasteiger partial charge >= 0.3 is 0 Å². The van der Waals surface area contributed by atoms with Crippen molar-refractivity contribution in [1.29, 1.82) is 0 Å². The molecule has 0 radical (unpaired) electrons. The lowest BCUT2D eigenvalue weighted by Gasteiger charge is -1.78. The summed E-state index contributed by atoms with van der Waals surface area (Å²) in [6, 6.07) is 0. The predicted octanol–water partition coefficient (Wildman–Crippen LogP) is 1.87. The first-order chi connectivity index (χ1) is 3.63. The molecule has 0 spiro atoms. The van der Waals surface area contributed by atoms with Crippen molar-refractivity contribution in [3.8, 4) is 0 Å². The zero-order chi connectivity index (χ0) is 6.57. The highest BCUT2D eigenvalue weighted by atomic mass is 32.1. The van der Waals surface area contributed by atoms with Gasteiger partial charge in [0.25, 0.3) is 0 Å². The Labute approximate surface area is 68.6 Å². The quantitative estimate of drug-likeness (QED) is 0.339. The van der Waals surface area contributed by atoms with Crippen LogP contribution in [0, 0.1) is 0 Å². The van der Waals surface area contributed by atoms with Gasteiger partial charge in [0.1, 0.15) is 0 Å². The molecule has 0 aliphatic rings. The van der Waals surface area contributed by atoms with E-state index in [1.165, 1.54) is 0 Å². The molecule has 0 saturated heterocycles. The molecule has 0 rings (SSSR count). The summed E-state index contributed by atoms with van der Waals surface area (Å²) in [5.74, 6) is 0. The number of azo groups is 1. The van der Waals surface area contributed by atoms with Crippen molar-refractivity contribution in [3.63, 3.8) is 0 Å². The molecule has 0 amide bonds. The fourth-order valence-corrected chi connectivity index (χ4v) is 0.257. The van der Waals surface area contributed by atoms with E-state index in [1.54, 1.807) is 0 Å². The molecule has 0 aliphatic carbocycles. The monoisotopic (exact) mass is 182 g/mol. The first kappa shape index (κ1) is 8.48. The Morgan fingerprint density at radius 1 is 1.00 bits per heavy atom. The summed E-state index contributed by atoms with van der Waals surface area (Å²) in [5, 5.41) is 6.65. The number of nitrogens with zero attached hydrogens (tertiary/aromatic N) is 2. The Balaban J connectivity index is 3.67. The Hall–Kier alpha value is 0.480. The van der Waals surface area contributed by atoms with Gasteiger partial charge in [-0.2, -0.15) is 0 Å². The van der Waals surface area contributed by atoms with Crippen LogP contribution in [-0.2, 0) is 0 Å². The minimum atomic E-state index is 0.154. The molecule has 0 N–H and O–H groups in total. The summed E-state index contributed by atoms with van der Waals surface area (Å²) in [6.07, 6.45) is 0. The Morgan fingerprint density at radius 2 is 1.25 bits per heavy atom. The van der Waals surface area contributed by atoms with Gasteiger partial charge in [0.2, 0.25) is 0 Å². The highest BCUT2D eigenvalue weighted by Crippen LogP contribution is 1.91. The van der Waals surface area contributed by atoms with Crippen molar-refractivity contribution in [2.75, 3.05) is 0 Å². The maximum absolute atomic E-state index is 4.42. The van der Waals surface area contributed by atoms with Gasteiger partial charge in [-0.1, -0.05) is 0 Å². The number of thiol groups is 2. The average molecular weight is 182 g/mol. The van der Waals surface area contributed by atoms with E-state index in [9.17, 15) is 0 Å². The molecule has 0 unspecified atom stereocenters. The molecule has 0 aromatic carbocycles. The largest absolute Gasteiger partial charge is 0.179 e. The lowest BCUT2D eigenvalue weighted by Crippen LogP contribution is -1.73. The number of thiocarbonyl (C=S) groups is 2. The first-order valence-electron chi connectivity index (χ1n) is 1.50. The number of rotatable bonds is 0. The maximum atomic E-state index is 4.42. The van der Waals surface area contributed by atoms with Gasteiger partial charge in [-0.15, -0.1) is 35.5 Å². The van der Waals surface area contributed by atoms with E-state index in [0.717, 1.165) is 0 Å². The number of hydrogen-bond acceptors (Lipinski definition) is 2. The summed E-state index contributed by atoms with van der Waals surface area (Å²) in [5.41, 5.74) is 0. The number of hydrogen-bond donors (Lipinski definition) is 2. The van der Waals surface area contributed by atoms with Gasteiger partial charge in [-0.3, -0.25) is 0 Å². The third-order valence-electron chi connectivity index (χ3n) is 0.221. The van der Waals surface area contributed by atoms with E-state index in [-0.39, 0.29) is 8.64 Å². The maximum Gasteiger partial charge on any atom is 0.179 e. The van der Waals surface area contributed by atoms with Crippen molar-refractivity contribution in [3.05, 3.63) is 0 Å². The summed E-state index contributed by atoms with van der Waals surface area (Å²) in [7, 11) is 0. The standard InChI is InChI=1S/C2H2N2S4/c5-1(6)3-4-2(7)8/h(H,5,6)(H,7,8)/b4-3+. The van der Waals surface area contributed by atoms with Gasteiger partial charge in [0.05, 0.1) is 0 Å². The molecule has 0 aromatic rings. The lowest BCUT2D eigenvalue weighted by atomic mass is 11.4. The van der Waals surface area contributed by atoms with Crippen LogP contribution in [-0.4, -0.2) is 8.64 Å². The van der Waals surface area contributed by atoms with Crippen LogP contribution in [0.15, 0.2) is 10.2 Å². The van der Waals surface area contributed by atoms with Gasteiger partial charge in [-0.25, -0.2) is 0 Å². The van der Waals surface area contributed by atoms with Crippen LogP contribution in [0.1, 0.15) is 0 Å². The van der Waals surface area contributed by atoms with E-state index in [1.807, 2.05) is 0 Å². The third-order valence-corrected chi connectivity index (χ3v) is 0.563. The van der Waals surface area contributed by atoms with Crippen LogP contribution in [0.25, 0.3) is 0 Å². The third kappa shape index (κ3) is 6.48. The lowest BCUT2D eigenvalue weighted by molar-refractivity contribution is 1.42. The molecule has 0 aromatic heterocycles. The van der Waals surface area contributed by atoms with E-state index in [4.69, 9.17) is 0 Å². The van der Waals surface area contributed by atoms with Gasteiger partial charge in [-0.05, 0) is 24.4 Å². The predicted molar refractivity (Wildman–Crippen MR) is 48.0 cm³/mol. The van der Waals surface area contributed by atoms with Crippen molar-refractivity contribution < 1.29 is 0 Å². The fraction of sp³-hybridized carbons (Fsp3) is 0. The van der Waals surface area contributed by atoms with Crippen LogP contribution >= 0.6 is 49.7 Å². The van der Waals surface area contributed by atoms with Gasteiger partial charge < -0.3 is 0 Å². The molecule has 8 heavy (non-hydrogen) atoms. The van der Waals surface area contributed by atoms with E-state index in [2.05, 4.69) is 59.9 Å². The van der Waals surface area contributed by atoms with Crippen LogP contribution in [0.3, 0.4) is 0 Å². The van der Waals surface area contributed by atoms with E-state index < -0.39 is 0 Å². The van der Waals surface area contributed by atoms with Crippen molar-refractivity contribution in [2.45, 2.75) is 0 Å². The second-order valence-corrected chi connectivity index (χ2v) is 2.99. The fourth-order valence-electron chi connectivity index (χ4n) is 0.0855. The first-order valence-corrected chi connectivity index (χ1v) is 3.21. The molecule has 6 heteroatoms. The van der Waals surface area contributed by atoms with Crippen molar-refractivity contribution in [1.82, 2.24) is 0 Å². The van der Waals surface area contributed by atoms with Gasteiger partial charge in [0, 0.05) is 0 Å². The molecule has 0 saturated carbocycles. The zero-order valence-corrected chi connectivity index (χ0v) is 7.03. The molecule has 2 nitrogen and oxygen atoms in total. The Morgan fingerprint density at radius 3 is 1.38 bits per heavy atom. The van der Waals surface area contributed by atoms with Crippen LogP contribution in [0.4, 0.5) is 0 Å². The SMILES string of the molecule is S=C(S)/N=N/C(=S)S. The molecule has 0 aliphatic heterocycles. The highest BCUT2D eigenvalue weighted by molar-refractivity contribution is 8.11. The normalized spacial score (nSPS) is 9.75. The zero-order valence-electron chi connectivity index (χ0n) is 3.61. The summed E-state index contributed by atoms with van der Waals surface area (Å²) in [6.45, 7) is 0. The van der Waals surface area contributed by atoms with Crippen molar-refractivity contribution in [2.24, 2.45) is 10.2 Å². The molecular formula is C2H2N2S4. The van der Waals surface area contributed by atoms with Gasteiger partial charge in [0.15, 0.2) is 8.64 Å². The topological polar surface area (TPSA) is 24.7 Å².